The van der Waals surface area contributed by atoms with Gasteiger partial charge in [-0.25, -0.2) is 4.98 Å². The molecule has 0 fully saturated rings. The predicted octanol–water partition coefficient (Wildman–Crippen LogP) is 2.42. The number of hydrogen-bond donors (Lipinski definition) is 2. The van der Waals surface area contributed by atoms with Crippen LogP contribution in [0.3, 0.4) is 0 Å². The van der Waals surface area contributed by atoms with Crippen LogP contribution in [-0.2, 0) is 13.5 Å². The second-order valence-electron chi connectivity index (χ2n) is 3.87. The van der Waals surface area contributed by atoms with Crippen molar-refractivity contribution in [1.82, 2.24) is 9.55 Å². The average Bonchev–Trinajstić information content (AvgIpc) is 2.68. The molecule has 0 saturated carbocycles. The third kappa shape index (κ3) is 3.00. The smallest absolute Gasteiger partial charge is 0.110 e. The van der Waals surface area contributed by atoms with Crippen molar-refractivity contribution in [3.05, 3.63) is 40.9 Å². The molecule has 2 aromatic rings. The Kier molecular flexibility index (Phi) is 3.68. The van der Waals surface area contributed by atoms with E-state index in [0.717, 1.165) is 34.6 Å². The van der Waals surface area contributed by atoms with Gasteiger partial charge in [0.2, 0.25) is 0 Å². The normalized spacial score (nSPS) is 10.5. The van der Waals surface area contributed by atoms with E-state index in [0.29, 0.717) is 0 Å². The van der Waals surface area contributed by atoms with Crippen molar-refractivity contribution >= 4 is 27.3 Å². The first kappa shape index (κ1) is 12.0. The molecule has 2 rings (SSSR count). The summed E-state index contributed by atoms with van der Waals surface area (Å²) < 4.78 is 3.01. The van der Waals surface area contributed by atoms with Gasteiger partial charge in [0.1, 0.15) is 5.82 Å². The summed E-state index contributed by atoms with van der Waals surface area (Å²) >= 11 is 3.48. The van der Waals surface area contributed by atoms with Crippen LogP contribution in [0.2, 0.25) is 0 Å². The lowest BCUT2D eigenvalue weighted by Gasteiger charge is -2.09. The fourth-order valence-electron chi connectivity index (χ4n) is 1.62. The van der Waals surface area contributed by atoms with E-state index >= 15 is 0 Å². The monoisotopic (exact) mass is 294 g/mol. The molecule has 1 aromatic carbocycles. The van der Waals surface area contributed by atoms with Crippen LogP contribution >= 0.6 is 15.9 Å². The number of anilines is 2. The summed E-state index contributed by atoms with van der Waals surface area (Å²) in [5.74, 6) is 1.07. The zero-order valence-electron chi connectivity index (χ0n) is 9.65. The van der Waals surface area contributed by atoms with Crippen molar-refractivity contribution in [3.63, 3.8) is 0 Å². The Balaban J connectivity index is 1.92. The van der Waals surface area contributed by atoms with Gasteiger partial charge in [-0.05, 0) is 34.1 Å². The second-order valence-corrected chi connectivity index (χ2v) is 4.72. The molecule has 5 heteroatoms. The van der Waals surface area contributed by atoms with E-state index in [4.69, 9.17) is 5.73 Å². The molecular weight excluding hydrogens is 280 g/mol. The molecule has 0 atom stereocenters. The van der Waals surface area contributed by atoms with Crippen LogP contribution in [0.25, 0.3) is 0 Å². The van der Waals surface area contributed by atoms with Crippen LogP contribution in [-0.4, -0.2) is 16.1 Å². The van der Waals surface area contributed by atoms with Gasteiger partial charge in [0.05, 0.1) is 0 Å². The number of imidazole rings is 1. The molecule has 17 heavy (non-hydrogen) atoms. The van der Waals surface area contributed by atoms with Gasteiger partial charge in [0.25, 0.3) is 0 Å². The van der Waals surface area contributed by atoms with Crippen LogP contribution < -0.4 is 11.1 Å². The molecule has 0 aliphatic heterocycles. The second kappa shape index (κ2) is 5.23. The highest BCUT2D eigenvalue weighted by atomic mass is 79.9. The van der Waals surface area contributed by atoms with E-state index < -0.39 is 0 Å². The molecule has 0 aliphatic carbocycles. The third-order valence-electron chi connectivity index (χ3n) is 2.58. The number of rotatable bonds is 4. The van der Waals surface area contributed by atoms with Gasteiger partial charge in [-0.3, -0.25) is 0 Å². The Morgan fingerprint density at radius 3 is 2.94 bits per heavy atom. The summed E-state index contributed by atoms with van der Waals surface area (Å²) in [6.45, 7) is 0.841. The van der Waals surface area contributed by atoms with Crippen molar-refractivity contribution in [3.8, 4) is 0 Å². The zero-order chi connectivity index (χ0) is 12.3. The maximum atomic E-state index is 5.68. The summed E-state index contributed by atoms with van der Waals surface area (Å²) in [5.41, 5.74) is 7.49. The molecule has 1 heterocycles. The number of nitrogens with two attached hydrogens (primary N) is 1. The minimum atomic E-state index is 0.756. The highest BCUT2D eigenvalue weighted by Crippen LogP contribution is 2.24. The number of aryl methyl sites for hydroxylation is 1. The number of benzene rings is 1. The van der Waals surface area contributed by atoms with Gasteiger partial charge in [-0.2, -0.15) is 0 Å². The number of halogens is 1. The van der Waals surface area contributed by atoms with Crippen molar-refractivity contribution in [2.75, 3.05) is 17.6 Å². The summed E-state index contributed by atoms with van der Waals surface area (Å²) in [7, 11) is 2.00. The van der Waals surface area contributed by atoms with Crippen molar-refractivity contribution < 1.29 is 0 Å². The number of aromatic nitrogens is 2. The van der Waals surface area contributed by atoms with Crippen molar-refractivity contribution in [1.29, 1.82) is 0 Å². The molecule has 90 valence electrons. The fourth-order valence-corrected chi connectivity index (χ4v) is 2.16. The summed E-state index contributed by atoms with van der Waals surface area (Å²) in [6.07, 6.45) is 4.66. The quantitative estimate of drug-likeness (QED) is 0.852. The van der Waals surface area contributed by atoms with E-state index in [1.165, 1.54) is 0 Å². The highest BCUT2D eigenvalue weighted by Gasteiger charge is 2.01. The fraction of sp³-hybridized carbons (Fsp3) is 0.250. The minimum absolute atomic E-state index is 0.756. The Hall–Kier alpha value is -1.49. The maximum Gasteiger partial charge on any atom is 0.110 e. The summed E-state index contributed by atoms with van der Waals surface area (Å²) in [6, 6.07) is 5.74. The number of nitrogens with one attached hydrogen (secondary N) is 1. The average molecular weight is 295 g/mol. The Labute approximate surface area is 109 Å². The molecule has 0 radical (unpaired) electrons. The van der Waals surface area contributed by atoms with Crippen LogP contribution in [0.4, 0.5) is 11.4 Å². The van der Waals surface area contributed by atoms with Gasteiger partial charge in [-0.15, -0.1) is 0 Å². The molecule has 1 aromatic heterocycles. The molecule has 0 saturated heterocycles. The van der Waals surface area contributed by atoms with Crippen molar-refractivity contribution in [2.45, 2.75) is 6.42 Å². The zero-order valence-corrected chi connectivity index (χ0v) is 11.2. The lowest BCUT2D eigenvalue weighted by Crippen LogP contribution is -2.09. The summed E-state index contributed by atoms with van der Waals surface area (Å²) in [4.78, 5) is 4.27. The minimum Gasteiger partial charge on any atom is -0.399 e. The van der Waals surface area contributed by atoms with Gasteiger partial charge in [0, 0.05) is 48.3 Å². The molecule has 4 nitrogen and oxygen atoms in total. The molecule has 0 spiro atoms. The Morgan fingerprint density at radius 1 is 1.47 bits per heavy atom. The van der Waals surface area contributed by atoms with E-state index in [1.807, 2.05) is 42.2 Å². The predicted molar refractivity (Wildman–Crippen MR) is 74.0 cm³/mol. The van der Waals surface area contributed by atoms with Crippen molar-refractivity contribution in [2.24, 2.45) is 7.05 Å². The first-order chi connectivity index (χ1) is 8.16. The van der Waals surface area contributed by atoms with E-state index in [9.17, 15) is 0 Å². The largest absolute Gasteiger partial charge is 0.399 e. The first-order valence-corrected chi connectivity index (χ1v) is 6.21. The Bertz CT molecular complexity index is 507. The number of hydrogen-bond acceptors (Lipinski definition) is 3. The lowest BCUT2D eigenvalue weighted by atomic mass is 10.3. The number of nitrogens with zero attached hydrogens (tertiary/aromatic N) is 2. The first-order valence-electron chi connectivity index (χ1n) is 5.42. The highest BCUT2D eigenvalue weighted by molar-refractivity contribution is 9.10. The van der Waals surface area contributed by atoms with Gasteiger partial charge in [0.15, 0.2) is 0 Å². The Morgan fingerprint density at radius 2 is 2.29 bits per heavy atom. The van der Waals surface area contributed by atoms with E-state index in [1.54, 1.807) is 0 Å². The van der Waals surface area contributed by atoms with Crippen LogP contribution in [0.1, 0.15) is 5.82 Å². The van der Waals surface area contributed by atoms with Gasteiger partial charge in [-0.1, -0.05) is 0 Å². The molecule has 0 bridgehead atoms. The lowest BCUT2D eigenvalue weighted by molar-refractivity contribution is 0.789. The SMILES string of the molecule is Cn1ccnc1CCNc1ccc(N)cc1Br. The topological polar surface area (TPSA) is 55.9 Å². The third-order valence-corrected chi connectivity index (χ3v) is 3.23. The molecule has 0 unspecified atom stereocenters. The van der Waals surface area contributed by atoms with E-state index in [2.05, 4.69) is 26.2 Å². The van der Waals surface area contributed by atoms with Gasteiger partial charge >= 0.3 is 0 Å². The molecule has 3 N–H and O–H groups in total. The van der Waals surface area contributed by atoms with Crippen LogP contribution in [0, 0.1) is 0 Å². The number of nitrogen functional groups attached to an aromatic ring is 1. The van der Waals surface area contributed by atoms with Gasteiger partial charge < -0.3 is 15.6 Å². The maximum absolute atomic E-state index is 5.68. The standard InChI is InChI=1S/C12H15BrN4/c1-17-7-6-16-12(17)4-5-15-11-3-2-9(14)8-10(11)13/h2-3,6-8,15H,4-5,14H2,1H3. The molecule has 0 amide bonds. The van der Waals surface area contributed by atoms with Crippen LogP contribution in [0.5, 0.6) is 0 Å². The van der Waals surface area contributed by atoms with Crippen LogP contribution in [0.15, 0.2) is 35.1 Å². The molecule has 0 aliphatic rings. The summed E-state index contributed by atoms with van der Waals surface area (Å²) in [5, 5.41) is 3.35. The molecular formula is C12H15BrN4. The van der Waals surface area contributed by atoms with E-state index in [-0.39, 0.29) is 0 Å².